The van der Waals surface area contributed by atoms with Crippen molar-refractivity contribution in [2.75, 3.05) is 19.8 Å². The number of esters is 1. The molecule has 23 heavy (non-hydrogen) atoms. The molecule has 1 aromatic carbocycles. The van der Waals surface area contributed by atoms with E-state index in [2.05, 4.69) is 31.2 Å². The monoisotopic (exact) mass is 322 g/mol. The minimum Gasteiger partial charge on any atom is -0.481 e. The van der Waals surface area contributed by atoms with Crippen LogP contribution in [0.1, 0.15) is 50.5 Å². The Morgan fingerprint density at radius 1 is 1.09 bits per heavy atom. The van der Waals surface area contributed by atoms with Crippen LogP contribution in [0.25, 0.3) is 0 Å². The molecule has 0 aliphatic heterocycles. The highest BCUT2D eigenvalue weighted by Crippen LogP contribution is 2.24. The third kappa shape index (κ3) is 8.98. The topological polar surface area (TPSA) is 72.8 Å². The lowest BCUT2D eigenvalue weighted by atomic mass is 9.92. The molecule has 0 amide bonds. The molecule has 1 rings (SSSR count). The van der Waals surface area contributed by atoms with Gasteiger partial charge in [0.05, 0.1) is 19.4 Å². The molecule has 1 aromatic rings. The highest BCUT2D eigenvalue weighted by Gasteiger charge is 2.08. The van der Waals surface area contributed by atoms with E-state index in [4.69, 9.17) is 14.6 Å². The van der Waals surface area contributed by atoms with Crippen LogP contribution in [0.4, 0.5) is 0 Å². The van der Waals surface area contributed by atoms with Gasteiger partial charge in [-0.25, -0.2) is 0 Å². The Labute approximate surface area is 137 Å². The van der Waals surface area contributed by atoms with E-state index >= 15 is 0 Å². The second-order valence-corrected chi connectivity index (χ2v) is 5.38. The molecule has 5 nitrogen and oxygen atoms in total. The number of hydrogen-bond acceptors (Lipinski definition) is 4. The second kappa shape index (κ2) is 11.7. The Morgan fingerprint density at radius 3 is 2.48 bits per heavy atom. The summed E-state index contributed by atoms with van der Waals surface area (Å²) in [5.74, 6) is -0.943. The summed E-state index contributed by atoms with van der Waals surface area (Å²) >= 11 is 0. The molecule has 0 radical (unpaired) electrons. The number of hydrogen-bond donors (Lipinski definition) is 1. The molecule has 1 unspecified atom stereocenters. The van der Waals surface area contributed by atoms with Crippen molar-refractivity contribution >= 4 is 11.9 Å². The van der Waals surface area contributed by atoms with Crippen molar-refractivity contribution in [1.29, 1.82) is 0 Å². The van der Waals surface area contributed by atoms with Gasteiger partial charge in [0.1, 0.15) is 6.61 Å². The van der Waals surface area contributed by atoms with Crippen molar-refractivity contribution in [2.45, 2.75) is 44.9 Å². The van der Waals surface area contributed by atoms with E-state index in [9.17, 15) is 9.59 Å². The molecule has 0 saturated heterocycles. The first kappa shape index (κ1) is 19.2. The smallest absolute Gasteiger partial charge is 0.306 e. The van der Waals surface area contributed by atoms with Gasteiger partial charge in [-0.05, 0) is 30.7 Å². The Morgan fingerprint density at radius 2 is 1.83 bits per heavy atom. The first-order valence-corrected chi connectivity index (χ1v) is 8.13. The van der Waals surface area contributed by atoms with Crippen molar-refractivity contribution in [1.82, 2.24) is 0 Å². The Kier molecular flexibility index (Phi) is 9.71. The van der Waals surface area contributed by atoms with Gasteiger partial charge in [-0.1, -0.05) is 37.3 Å². The molecular formula is C18H26O5. The number of carboxylic acid groups (broad SMARTS) is 1. The number of benzene rings is 1. The fraction of sp³-hybridized carbons (Fsp3) is 0.556. The van der Waals surface area contributed by atoms with Crippen molar-refractivity contribution < 1.29 is 24.2 Å². The van der Waals surface area contributed by atoms with Crippen LogP contribution in [0, 0.1) is 0 Å². The summed E-state index contributed by atoms with van der Waals surface area (Å²) in [6.45, 7) is 3.35. The Hall–Kier alpha value is -1.88. The van der Waals surface area contributed by atoms with E-state index in [1.165, 1.54) is 5.56 Å². The standard InChI is InChI=1S/C18H26O5/c1-2-15(16-7-4-3-5-8-16)9-6-12-22-13-14-23-18(21)11-10-17(19)20/h3-5,7-8,15H,2,6,9-14H2,1H3,(H,19,20). The molecular weight excluding hydrogens is 296 g/mol. The fourth-order valence-corrected chi connectivity index (χ4v) is 2.36. The SMILES string of the molecule is CCC(CCCOCCOC(=O)CCC(=O)O)c1ccccc1. The third-order valence-electron chi connectivity index (χ3n) is 3.64. The van der Waals surface area contributed by atoms with Crippen LogP contribution in [-0.4, -0.2) is 36.9 Å². The highest BCUT2D eigenvalue weighted by molar-refractivity contribution is 5.76. The second-order valence-electron chi connectivity index (χ2n) is 5.38. The zero-order chi connectivity index (χ0) is 16.9. The number of carbonyl (C=O) groups is 2. The summed E-state index contributed by atoms with van der Waals surface area (Å²) in [6.07, 6.45) is 2.84. The molecule has 0 aliphatic carbocycles. The lowest BCUT2D eigenvalue weighted by molar-refractivity contribution is -0.148. The van der Waals surface area contributed by atoms with Gasteiger partial charge in [0.2, 0.25) is 0 Å². The maximum atomic E-state index is 11.2. The van der Waals surface area contributed by atoms with Gasteiger partial charge in [0.25, 0.3) is 0 Å². The summed E-state index contributed by atoms with van der Waals surface area (Å²) in [5.41, 5.74) is 1.36. The van der Waals surface area contributed by atoms with E-state index in [1.54, 1.807) is 0 Å². The summed E-state index contributed by atoms with van der Waals surface area (Å²) in [4.78, 5) is 21.5. The van der Waals surface area contributed by atoms with Crippen LogP contribution in [0.15, 0.2) is 30.3 Å². The Balaban J connectivity index is 2.04. The number of ether oxygens (including phenoxy) is 2. The minimum atomic E-state index is -0.998. The van der Waals surface area contributed by atoms with Crippen LogP contribution in [-0.2, 0) is 19.1 Å². The molecule has 0 fully saturated rings. The van der Waals surface area contributed by atoms with Gasteiger partial charge < -0.3 is 14.6 Å². The molecule has 5 heteroatoms. The van der Waals surface area contributed by atoms with Gasteiger partial charge in [-0.2, -0.15) is 0 Å². The quantitative estimate of drug-likeness (QED) is 0.472. The number of aliphatic carboxylic acids is 1. The molecule has 1 atom stereocenters. The molecule has 0 heterocycles. The normalized spacial score (nSPS) is 11.9. The molecule has 0 aliphatic rings. The first-order chi connectivity index (χ1) is 11.1. The Bertz CT molecular complexity index is 458. The van der Waals surface area contributed by atoms with Crippen molar-refractivity contribution in [3.05, 3.63) is 35.9 Å². The van der Waals surface area contributed by atoms with Gasteiger partial charge in [0.15, 0.2) is 0 Å². The largest absolute Gasteiger partial charge is 0.481 e. The fourth-order valence-electron chi connectivity index (χ4n) is 2.36. The molecule has 0 saturated carbocycles. The van der Waals surface area contributed by atoms with Gasteiger partial charge in [0, 0.05) is 6.61 Å². The third-order valence-corrected chi connectivity index (χ3v) is 3.64. The zero-order valence-corrected chi connectivity index (χ0v) is 13.7. The summed E-state index contributed by atoms with van der Waals surface area (Å²) < 4.78 is 10.3. The molecule has 0 spiro atoms. The predicted molar refractivity (Wildman–Crippen MR) is 87.4 cm³/mol. The van der Waals surface area contributed by atoms with E-state index in [0.29, 0.717) is 19.1 Å². The summed E-state index contributed by atoms with van der Waals surface area (Å²) in [6, 6.07) is 10.5. The summed E-state index contributed by atoms with van der Waals surface area (Å²) in [5, 5.41) is 8.45. The van der Waals surface area contributed by atoms with Crippen molar-refractivity contribution in [3.63, 3.8) is 0 Å². The molecule has 1 N–H and O–H groups in total. The zero-order valence-electron chi connectivity index (χ0n) is 13.7. The van der Waals surface area contributed by atoms with Crippen LogP contribution in [0.3, 0.4) is 0 Å². The van der Waals surface area contributed by atoms with E-state index < -0.39 is 11.9 Å². The molecule has 0 bridgehead atoms. The van der Waals surface area contributed by atoms with E-state index in [-0.39, 0.29) is 19.4 Å². The van der Waals surface area contributed by atoms with Crippen LogP contribution >= 0.6 is 0 Å². The van der Waals surface area contributed by atoms with Crippen LogP contribution < -0.4 is 0 Å². The van der Waals surface area contributed by atoms with E-state index in [1.807, 2.05) is 6.07 Å². The number of rotatable bonds is 12. The van der Waals surface area contributed by atoms with Crippen LogP contribution in [0.5, 0.6) is 0 Å². The van der Waals surface area contributed by atoms with Crippen LogP contribution in [0.2, 0.25) is 0 Å². The molecule has 0 aromatic heterocycles. The number of carbonyl (C=O) groups excluding carboxylic acids is 1. The lowest BCUT2D eigenvalue weighted by Crippen LogP contribution is -2.12. The maximum absolute atomic E-state index is 11.2. The van der Waals surface area contributed by atoms with Crippen molar-refractivity contribution in [3.8, 4) is 0 Å². The summed E-state index contributed by atoms with van der Waals surface area (Å²) in [7, 11) is 0. The lowest BCUT2D eigenvalue weighted by Gasteiger charge is -2.15. The predicted octanol–water partition coefficient (Wildman–Crippen LogP) is 3.39. The number of carboxylic acids is 1. The highest BCUT2D eigenvalue weighted by atomic mass is 16.6. The minimum absolute atomic E-state index is 0.0927. The van der Waals surface area contributed by atoms with Gasteiger partial charge >= 0.3 is 11.9 Å². The molecule has 128 valence electrons. The van der Waals surface area contributed by atoms with E-state index in [0.717, 1.165) is 19.3 Å². The average Bonchev–Trinajstić information content (AvgIpc) is 2.56. The van der Waals surface area contributed by atoms with Crippen molar-refractivity contribution in [2.24, 2.45) is 0 Å². The maximum Gasteiger partial charge on any atom is 0.306 e. The van der Waals surface area contributed by atoms with Gasteiger partial charge in [-0.3, -0.25) is 9.59 Å². The van der Waals surface area contributed by atoms with Gasteiger partial charge in [-0.15, -0.1) is 0 Å². The first-order valence-electron chi connectivity index (χ1n) is 8.13. The average molecular weight is 322 g/mol.